The SMILES string of the molecule is CCOC(C(=O)NCc1ccc(C(=N)N)cc1NCCc1ccccc1)c1ccc(OC)cc1F.Cl. The predicted octanol–water partition coefficient (Wildman–Crippen LogP) is 4.59. The third kappa shape index (κ3) is 7.69. The molecule has 0 bridgehead atoms. The fourth-order valence-corrected chi connectivity index (χ4v) is 3.64. The molecule has 0 saturated heterocycles. The Morgan fingerprint density at radius 2 is 1.86 bits per heavy atom. The summed E-state index contributed by atoms with van der Waals surface area (Å²) in [6.45, 7) is 2.83. The van der Waals surface area contributed by atoms with Gasteiger partial charge in [0.2, 0.25) is 0 Å². The number of nitrogen functional groups attached to an aromatic ring is 1. The first-order valence-corrected chi connectivity index (χ1v) is 11.4. The number of ether oxygens (including phenoxy) is 2. The van der Waals surface area contributed by atoms with Gasteiger partial charge in [-0.3, -0.25) is 10.2 Å². The lowest BCUT2D eigenvalue weighted by atomic mass is 10.1. The van der Waals surface area contributed by atoms with Gasteiger partial charge in [0.05, 0.1) is 7.11 Å². The maximum atomic E-state index is 14.6. The molecule has 0 heterocycles. The Hall–Kier alpha value is -3.62. The monoisotopic (exact) mass is 514 g/mol. The van der Waals surface area contributed by atoms with Crippen molar-refractivity contribution in [2.24, 2.45) is 5.73 Å². The number of halogens is 2. The molecule has 3 rings (SSSR count). The van der Waals surface area contributed by atoms with Crippen molar-refractivity contribution in [2.75, 3.05) is 25.6 Å². The van der Waals surface area contributed by atoms with E-state index in [4.69, 9.17) is 20.6 Å². The second-order valence-corrected chi connectivity index (χ2v) is 7.89. The Balaban J connectivity index is 0.00000456. The van der Waals surface area contributed by atoms with Crippen LogP contribution in [-0.4, -0.2) is 32.0 Å². The zero-order chi connectivity index (χ0) is 25.2. The van der Waals surface area contributed by atoms with Gasteiger partial charge in [-0.15, -0.1) is 12.4 Å². The third-order valence-corrected chi connectivity index (χ3v) is 5.51. The molecule has 192 valence electrons. The van der Waals surface area contributed by atoms with Crippen LogP contribution in [0.4, 0.5) is 10.1 Å². The molecule has 0 aromatic heterocycles. The second kappa shape index (κ2) is 14.1. The van der Waals surface area contributed by atoms with E-state index in [9.17, 15) is 9.18 Å². The van der Waals surface area contributed by atoms with Crippen LogP contribution in [0.3, 0.4) is 0 Å². The van der Waals surface area contributed by atoms with Gasteiger partial charge in [-0.1, -0.05) is 42.5 Å². The largest absolute Gasteiger partial charge is 0.497 e. The summed E-state index contributed by atoms with van der Waals surface area (Å²) in [4.78, 5) is 13.0. The van der Waals surface area contributed by atoms with E-state index in [-0.39, 0.29) is 37.0 Å². The molecule has 36 heavy (non-hydrogen) atoms. The summed E-state index contributed by atoms with van der Waals surface area (Å²) in [5.74, 6) is -0.717. The Morgan fingerprint density at radius 3 is 2.50 bits per heavy atom. The Kier molecular flexibility index (Phi) is 11.2. The number of rotatable bonds is 12. The Bertz CT molecular complexity index is 1160. The minimum atomic E-state index is -1.10. The van der Waals surface area contributed by atoms with Crippen molar-refractivity contribution in [3.05, 3.63) is 94.8 Å². The van der Waals surface area contributed by atoms with Crippen LogP contribution in [0.2, 0.25) is 0 Å². The summed E-state index contributed by atoms with van der Waals surface area (Å²) in [6.07, 6.45) is -0.294. The zero-order valence-corrected chi connectivity index (χ0v) is 21.2. The number of amidine groups is 1. The van der Waals surface area contributed by atoms with Crippen LogP contribution >= 0.6 is 12.4 Å². The fraction of sp³-hybridized carbons (Fsp3) is 0.259. The van der Waals surface area contributed by atoms with E-state index < -0.39 is 17.8 Å². The van der Waals surface area contributed by atoms with E-state index in [1.807, 2.05) is 24.3 Å². The standard InChI is InChI=1S/C27H31FN4O3.ClH/c1-3-35-25(22-12-11-21(34-2)16-23(22)28)27(33)32-17-20-10-9-19(26(29)30)15-24(20)31-14-13-18-7-5-4-6-8-18;/h4-12,15-16,25,31H,3,13-14,17H2,1-2H3,(H3,29,30)(H,32,33);1H. The Labute approximate surface area is 217 Å². The first-order valence-electron chi connectivity index (χ1n) is 11.4. The van der Waals surface area contributed by atoms with Crippen molar-refractivity contribution in [2.45, 2.75) is 26.0 Å². The second-order valence-electron chi connectivity index (χ2n) is 7.89. The average molecular weight is 515 g/mol. The molecule has 1 unspecified atom stereocenters. The molecule has 0 saturated carbocycles. The van der Waals surface area contributed by atoms with Crippen molar-refractivity contribution >= 4 is 29.8 Å². The summed E-state index contributed by atoms with van der Waals surface area (Å²) in [7, 11) is 1.45. The summed E-state index contributed by atoms with van der Waals surface area (Å²) < 4.78 is 25.2. The smallest absolute Gasteiger partial charge is 0.254 e. The summed E-state index contributed by atoms with van der Waals surface area (Å²) in [6, 6.07) is 19.7. The number of anilines is 1. The van der Waals surface area contributed by atoms with Crippen LogP contribution in [0.25, 0.3) is 0 Å². The Morgan fingerprint density at radius 1 is 1.11 bits per heavy atom. The number of hydrogen-bond acceptors (Lipinski definition) is 5. The number of nitrogens with two attached hydrogens (primary N) is 1. The summed E-state index contributed by atoms with van der Waals surface area (Å²) in [5, 5.41) is 14.0. The maximum absolute atomic E-state index is 14.6. The number of benzene rings is 3. The topological polar surface area (TPSA) is 109 Å². The molecular weight excluding hydrogens is 483 g/mol. The number of hydrogen-bond donors (Lipinski definition) is 4. The molecule has 7 nitrogen and oxygen atoms in total. The molecule has 1 amide bonds. The number of nitrogens with one attached hydrogen (secondary N) is 3. The molecule has 0 aliphatic heterocycles. The molecule has 0 fully saturated rings. The minimum absolute atomic E-state index is 0. The van der Waals surface area contributed by atoms with Gasteiger partial charge in [0.1, 0.15) is 17.4 Å². The van der Waals surface area contributed by atoms with Gasteiger partial charge in [0.25, 0.3) is 5.91 Å². The van der Waals surface area contributed by atoms with Crippen molar-refractivity contribution in [1.29, 1.82) is 5.41 Å². The van der Waals surface area contributed by atoms with Gasteiger partial charge in [-0.2, -0.15) is 0 Å². The lowest BCUT2D eigenvalue weighted by Gasteiger charge is -2.19. The van der Waals surface area contributed by atoms with Crippen LogP contribution in [0.1, 0.15) is 35.3 Å². The zero-order valence-electron chi connectivity index (χ0n) is 20.3. The van der Waals surface area contributed by atoms with E-state index in [0.29, 0.717) is 17.9 Å². The molecule has 0 aliphatic rings. The van der Waals surface area contributed by atoms with E-state index >= 15 is 0 Å². The molecule has 0 spiro atoms. The van der Waals surface area contributed by atoms with Crippen LogP contribution in [0.15, 0.2) is 66.7 Å². The van der Waals surface area contributed by atoms with Crippen molar-refractivity contribution < 1.29 is 18.7 Å². The van der Waals surface area contributed by atoms with E-state index in [2.05, 4.69) is 22.8 Å². The van der Waals surface area contributed by atoms with Crippen molar-refractivity contribution in [1.82, 2.24) is 5.32 Å². The molecule has 9 heteroatoms. The van der Waals surface area contributed by atoms with E-state index in [1.165, 1.54) is 24.8 Å². The molecule has 3 aromatic carbocycles. The van der Waals surface area contributed by atoms with E-state index in [0.717, 1.165) is 17.7 Å². The normalized spacial score (nSPS) is 11.2. The fourth-order valence-electron chi connectivity index (χ4n) is 3.64. The molecule has 1 atom stereocenters. The summed E-state index contributed by atoms with van der Waals surface area (Å²) >= 11 is 0. The van der Waals surface area contributed by atoms with Crippen molar-refractivity contribution in [3.8, 4) is 5.75 Å². The highest BCUT2D eigenvalue weighted by molar-refractivity contribution is 5.96. The van der Waals surface area contributed by atoms with Gasteiger partial charge in [-0.25, -0.2) is 4.39 Å². The van der Waals surface area contributed by atoms with Gasteiger partial charge >= 0.3 is 0 Å². The minimum Gasteiger partial charge on any atom is -0.497 e. The molecule has 5 N–H and O–H groups in total. The van der Waals surface area contributed by atoms with Gasteiger partial charge in [0, 0.05) is 42.6 Å². The number of carbonyl (C=O) groups excluding carboxylic acids is 1. The first-order chi connectivity index (χ1) is 16.9. The van der Waals surface area contributed by atoms with Crippen LogP contribution < -0.4 is 21.1 Å². The third-order valence-electron chi connectivity index (χ3n) is 5.51. The lowest BCUT2D eigenvalue weighted by molar-refractivity contribution is -0.133. The molecule has 3 aromatic rings. The molecule has 0 aliphatic carbocycles. The highest BCUT2D eigenvalue weighted by Gasteiger charge is 2.24. The molecule has 0 radical (unpaired) electrons. The van der Waals surface area contributed by atoms with Gasteiger partial charge < -0.3 is 25.8 Å². The quantitative estimate of drug-likeness (QED) is 0.209. The predicted molar refractivity (Wildman–Crippen MR) is 143 cm³/mol. The van der Waals surface area contributed by atoms with E-state index in [1.54, 1.807) is 25.1 Å². The van der Waals surface area contributed by atoms with Crippen LogP contribution in [0, 0.1) is 11.2 Å². The average Bonchev–Trinajstić information content (AvgIpc) is 2.87. The maximum Gasteiger partial charge on any atom is 0.254 e. The summed E-state index contributed by atoms with van der Waals surface area (Å²) in [5.41, 5.74) is 9.15. The lowest BCUT2D eigenvalue weighted by Crippen LogP contribution is -2.31. The number of carbonyl (C=O) groups is 1. The van der Waals surface area contributed by atoms with Crippen LogP contribution in [-0.2, 0) is 22.5 Å². The first kappa shape index (κ1) is 28.6. The highest BCUT2D eigenvalue weighted by atomic mass is 35.5. The van der Waals surface area contributed by atoms with Crippen molar-refractivity contribution in [3.63, 3.8) is 0 Å². The number of amides is 1. The molecular formula is C27H32ClFN4O3. The van der Waals surface area contributed by atoms with Gasteiger partial charge in [0.15, 0.2) is 6.10 Å². The van der Waals surface area contributed by atoms with Crippen LogP contribution in [0.5, 0.6) is 5.75 Å². The number of methoxy groups -OCH3 is 1. The highest BCUT2D eigenvalue weighted by Crippen LogP contribution is 2.25. The van der Waals surface area contributed by atoms with Gasteiger partial charge in [-0.05, 0) is 42.7 Å².